The van der Waals surface area contributed by atoms with E-state index >= 15 is 0 Å². The van der Waals surface area contributed by atoms with Crippen LogP contribution >= 0.6 is 34.5 Å². The number of oxime groups is 1. The highest BCUT2D eigenvalue weighted by atomic mass is 35.5. The Morgan fingerprint density at radius 3 is 2.67 bits per heavy atom. The Hall–Kier alpha value is -2.09. The van der Waals surface area contributed by atoms with Crippen molar-refractivity contribution in [1.29, 1.82) is 0 Å². The van der Waals surface area contributed by atoms with Gasteiger partial charge in [0.2, 0.25) is 6.10 Å². The summed E-state index contributed by atoms with van der Waals surface area (Å²) in [5.41, 5.74) is 1.41. The van der Waals surface area contributed by atoms with Crippen LogP contribution in [0.2, 0.25) is 9.36 Å². The summed E-state index contributed by atoms with van der Waals surface area (Å²) in [7, 11) is 1.30. The third-order valence-corrected chi connectivity index (χ3v) is 5.54. The second-order valence-corrected chi connectivity index (χ2v) is 7.98. The second kappa shape index (κ2) is 8.73. The number of carbonyl (C=O) groups is 2. The van der Waals surface area contributed by atoms with Gasteiger partial charge in [-0.2, -0.15) is 0 Å². The van der Waals surface area contributed by atoms with E-state index in [1.165, 1.54) is 18.4 Å². The van der Waals surface area contributed by atoms with E-state index in [0.29, 0.717) is 21.5 Å². The average Bonchev–Trinajstić information content (AvgIpc) is 3.30. The number of methoxy groups -OCH3 is 1. The molecule has 1 amide bonds. The molecule has 2 unspecified atom stereocenters. The Balaban J connectivity index is 1.67. The minimum absolute atomic E-state index is 0.00909. The first kappa shape index (κ1) is 19.7. The molecule has 2 atom stereocenters. The van der Waals surface area contributed by atoms with Crippen LogP contribution in [-0.4, -0.2) is 30.8 Å². The van der Waals surface area contributed by atoms with Gasteiger partial charge in [0.15, 0.2) is 0 Å². The lowest BCUT2D eigenvalue weighted by atomic mass is 10.0. The highest BCUT2D eigenvalue weighted by Gasteiger charge is 2.31. The number of rotatable bonds is 6. The van der Waals surface area contributed by atoms with Crippen LogP contribution in [0.4, 0.5) is 0 Å². The number of nitrogens with zero attached hydrogens (tertiary/aromatic N) is 1. The van der Waals surface area contributed by atoms with E-state index in [4.69, 9.17) is 32.8 Å². The number of esters is 1. The van der Waals surface area contributed by atoms with Crippen molar-refractivity contribution in [3.63, 3.8) is 0 Å². The molecule has 0 fully saturated rings. The van der Waals surface area contributed by atoms with Gasteiger partial charge in [-0.3, -0.25) is 9.59 Å². The summed E-state index contributed by atoms with van der Waals surface area (Å²) >= 11 is 13.2. The van der Waals surface area contributed by atoms with Gasteiger partial charge in [0.25, 0.3) is 5.91 Å². The van der Waals surface area contributed by atoms with Crippen LogP contribution < -0.4 is 5.32 Å². The van der Waals surface area contributed by atoms with Gasteiger partial charge in [0.1, 0.15) is 5.71 Å². The number of halogens is 2. The standard InChI is InChI=1S/C18H16Cl2N2O4S/c1-25-17(23)9-12(10-2-4-11(19)5-3-10)21-18(24)14-8-13(22-26-14)15-6-7-16(20)27-15/h2-7,12,14H,8-9H2,1H3,(H,21,24). The minimum Gasteiger partial charge on any atom is -0.469 e. The molecule has 6 nitrogen and oxygen atoms in total. The lowest BCUT2D eigenvalue weighted by molar-refractivity contribution is -0.141. The summed E-state index contributed by atoms with van der Waals surface area (Å²) in [6.45, 7) is 0. The van der Waals surface area contributed by atoms with E-state index in [9.17, 15) is 9.59 Å². The first-order valence-corrected chi connectivity index (χ1v) is 9.64. The van der Waals surface area contributed by atoms with Gasteiger partial charge < -0.3 is 14.9 Å². The molecule has 0 saturated heterocycles. The number of thiophene rings is 1. The van der Waals surface area contributed by atoms with E-state index in [1.807, 2.05) is 6.07 Å². The van der Waals surface area contributed by atoms with Crippen LogP contribution in [0.5, 0.6) is 0 Å². The van der Waals surface area contributed by atoms with E-state index < -0.39 is 18.1 Å². The Labute approximate surface area is 170 Å². The SMILES string of the molecule is COC(=O)CC(NC(=O)C1CC(c2ccc(Cl)s2)=NO1)c1ccc(Cl)cc1. The first-order valence-electron chi connectivity index (χ1n) is 8.07. The number of nitrogens with one attached hydrogen (secondary N) is 1. The van der Waals surface area contributed by atoms with Gasteiger partial charge in [-0.05, 0) is 29.8 Å². The molecule has 1 N–H and O–H groups in total. The Morgan fingerprint density at radius 1 is 1.30 bits per heavy atom. The maximum atomic E-state index is 12.6. The fraction of sp³-hybridized carbons (Fsp3) is 0.278. The normalized spacial score (nSPS) is 17.0. The molecule has 1 aromatic heterocycles. The Kier molecular flexibility index (Phi) is 6.36. The summed E-state index contributed by atoms with van der Waals surface area (Å²) in [5, 5.41) is 7.39. The third-order valence-electron chi connectivity index (χ3n) is 4.01. The lowest BCUT2D eigenvalue weighted by Gasteiger charge is -2.20. The summed E-state index contributed by atoms with van der Waals surface area (Å²) in [4.78, 5) is 30.5. The van der Waals surface area contributed by atoms with Crippen LogP contribution in [0.15, 0.2) is 41.6 Å². The topological polar surface area (TPSA) is 77.0 Å². The zero-order valence-electron chi connectivity index (χ0n) is 14.3. The minimum atomic E-state index is -0.770. The van der Waals surface area contributed by atoms with Crippen LogP contribution in [-0.2, 0) is 19.2 Å². The largest absolute Gasteiger partial charge is 0.469 e. The van der Waals surface area contributed by atoms with Crippen LogP contribution in [0.1, 0.15) is 29.3 Å². The smallest absolute Gasteiger partial charge is 0.307 e. The molecule has 3 rings (SSSR count). The van der Waals surface area contributed by atoms with Crippen molar-refractivity contribution in [3.8, 4) is 0 Å². The van der Waals surface area contributed by atoms with Crippen molar-refractivity contribution in [2.24, 2.45) is 5.16 Å². The van der Waals surface area contributed by atoms with Crippen molar-refractivity contribution in [2.45, 2.75) is 25.0 Å². The maximum Gasteiger partial charge on any atom is 0.307 e. The van der Waals surface area contributed by atoms with Gasteiger partial charge in [0.05, 0.1) is 28.8 Å². The summed E-state index contributed by atoms with van der Waals surface area (Å²) in [5.74, 6) is -0.798. The van der Waals surface area contributed by atoms with Crippen molar-refractivity contribution in [2.75, 3.05) is 7.11 Å². The number of amides is 1. The predicted molar refractivity (Wildman–Crippen MR) is 104 cm³/mol. The molecule has 27 heavy (non-hydrogen) atoms. The molecule has 0 aliphatic carbocycles. The average molecular weight is 427 g/mol. The molecule has 1 aliphatic heterocycles. The van der Waals surface area contributed by atoms with Gasteiger partial charge in [0, 0.05) is 11.4 Å². The van der Waals surface area contributed by atoms with Gasteiger partial charge >= 0.3 is 5.97 Å². The zero-order chi connectivity index (χ0) is 19.4. The highest BCUT2D eigenvalue weighted by molar-refractivity contribution is 7.18. The molecule has 0 saturated carbocycles. The third kappa shape index (κ3) is 5.00. The number of hydrogen-bond donors (Lipinski definition) is 1. The molecule has 142 valence electrons. The lowest BCUT2D eigenvalue weighted by Crippen LogP contribution is -2.38. The van der Waals surface area contributed by atoms with Crippen LogP contribution in [0, 0.1) is 0 Å². The van der Waals surface area contributed by atoms with E-state index in [1.54, 1.807) is 30.3 Å². The fourth-order valence-electron chi connectivity index (χ4n) is 2.59. The van der Waals surface area contributed by atoms with Crippen molar-refractivity contribution in [1.82, 2.24) is 5.32 Å². The molecule has 2 heterocycles. The summed E-state index contributed by atoms with van der Waals surface area (Å²) in [6.07, 6.45) is -0.452. The van der Waals surface area contributed by atoms with E-state index in [0.717, 1.165) is 10.4 Å². The quantitative estimate of drug-likeness (QED) is 0.708. The molecule has 1 aromatic carbocycles. The molecular weight excluding hydrogens is 411 g/mol. The van der Waals surface area contributed by atoms with E-state index in [2.05, 4.69) is 10.5 Å². The van der Waals surface area contributed by atoms with Gasteiger partial charge in [-0.1, -0.05) is 40.5 Å². The summed E-state index contributed by atoms with van der Waals surface area (Å²) in [6, 6.07) is 9.93. The number of ether oxygens (including phenoxy) is 1. The van der Waals surface area contributed by atoms with E-state index in [-0.39, 0.29) is 12.3 Å². The molecule has 9 heteroatoms. The zero-order valence-corrected chi connectivity index (χ0v) is 16.6. The number of hydrogen-bond acceptors (Lipinski definition) is 6. The van der Waals surface area contributed by atoms with Gasteiger partial charge in [-0.15, -0.1) is 11.3 Å². The molecule has 0 spiro atoms. The predicted octanol–water partition coefficient (Wildman–Crippen LogP) is 3.97. The fourth-order valence-corrected chi connectivity index (χ4v) is 3.75. The van der Waals surface area contributed by atoms with Crippen molar-refractivity contribution < 1.29 is 19.2 Å². The second-order valence-electron chi connectivity index (χ2n) is 5.83. The van der Waals surface area contributed by atoms with Gasteiger partial charge in [-0.25, -0.2) is 0 Å². The van der Waals surface area contributed by atoms with Crippen molar-refractivity contribution >= 4 is 52.1 Å². The number of carbonyl (C=O) groups excluding carboxylic acids is 2. The maximum absolute atomic E-state index is 12.6. The monoisotopic (exact) mass is 426 g/mol. The Morgan fingerprint density at radius 2 is 2.04 bits per heavy atom. The number of benzene rings is 1. The molecule has 0 radical (unpaired) electrons. The molecular formula is C18H16Cl2N2O4S. The highest BCUT2D eigenvalue weighted by Crippen LogP contribution is 2.27. The molecule has 2 aromatic rings. The molecule has 0 bridgehead atoms. The van der Waals surface area contributed by atoms with Crippen LogP contribution in [0.3, 0.4) is 0 Å². The summed E-state index contributed by atoms with van der Waals surface area (Å²) < 4.78 is 5.37. The Bertz CT molecular complexity index is 867. The van der Waals surface area contributed by atoms with Crippen LogP contribution in [0.25, 0.3) is 0 Å². The first-order chi connectivity index (χ1) is 13.0. The van der Waals surface area contributed by atoms with Crippen molar-refractivity contribution in [3.05, 3.63) is 56.2 Å². The molecule has 1 aliphatic rings.